The van der Waals surface area contributed by atoms with Gasteiger partial charge in [-0.2, -0.15) is 0 Å². The second kappa shape index (κ2) is 6.41. The number of likely N-dealkylation sites (tertiary alicyclic amines) is 1. The van der Waals surface area contributed by atoms with Crippen LogP contribution in [0.2, 0.25) is 0 Å². The Morgan fingerprint density at radius 3 is 2.71 bits per heavy atom. The molecule has 1 aliphatic heterocycles. The van der Waals surface area contributed by atoms with Crippen LogP contribution in [-0.4, -0.2) is 47.5 Å². The number of hydrogen-bond donors (Lipinski definition) is 1. The summed E-state index contributed by atoms with van der Waals surface area (Å²) in [5.74, 6) is 0.334. The van der Waals surface area contributed by atoms with Crippen LogP contribution in [0.15, 0.2) is 16.3 Å². The molecule has 2 rings (SSSR count). The number of ketones is 1. The highest BCUT2D eigenvalue weighted by Gasteiger charge is 2.32. The van der Waals surface area contributed by atoms with Crippen LogP contribution >= 0.6 is 0 Å². The van der Waals surface area contributed by atoms with E-state index in [2.05, 4.69) is 4.99 Å². The fourth-order valence-electron chi connectivity index (χ4n) is 2.90. The Bertz CT molecular complexity index is 492. The number of rotatable bonds is 5. The molecule has 1 aliphatic carbocycles. The monoisotopic (exact) mass is 292 g/mol. The molecule has 0 aromatic rings. The van der Waals surface area contributed by atoms with Crippen LogP contribution in [0.4, 0.5) is 0 Å². The smallest absolute Gasteiger partial charge is 0.222 e. The van der Waals surface area contributed by atoms with Crippen LogP contribution in [0.25, 0.3) is 0 Å². The summed E-state index contributed by atoms with van der Waals surface area (Å²) in [5, 5.41) is 9.95. The lowest BCUT2D eigenvalue weighted by atomic mass is 9.77. The average molecular weight is 292 g/mol. The highest BCUT2D eigenvalue weighted by atomic mass is 16.3. The topological polar surface area (TPSA) is 70.0 Å². The first-order valence-corrected chi connectivity index (χ1v) is 7.62. The lowest BCUT2D eigenvalue weighted by Crippen LogP contribution is -2.26. The molecule has 0 spiro atoms. The summed E-state index contributed by atoms with van der Waals surface area (Å²) in [4.78, 5) is 29.5. The van der Waals surface area contributed by atoms with Gasteiger partial charge in [-0.15, -0.1) is 0 Å². The number of aliphatic hydroxyl groups is 1. The molecule has 116 valence electrons. The van der Waals surface area contributed by atoms with Crippen molar-refractivity contribution in [3.63, 3.8) is 0 Å². The first kappa shape index (κ1) is 15.7. The molecule has 0 bridgehead atoms. The second-order valence-electron chi connectivity index (χ2n) is 6.67. The molecular weight excluding hydrogens is 268 g/mol. The normalized spacial score (nSPS) is 22.7. The van der Waals surface area contributed by atoms with Gasteiger partial charge < -0.3 is 10.0 Å². The number of amides is 1. The highest BCUT2D eigenvalue weighted by Crippen LogP contribution is 2.35. The summed E-state index contributed by atoms with van der Waals surface area (Å²) in [6.45, 7) is 6.09. The molecule has 2 aliphatic rings. The Kier molecular flexibility index (Phi) is 4.80. The zero-order valence-corrected chi connectivity index (χ0v) is 12.9. The molecule has 0 saturated carbocycles. The third-order valence-corrected chi connectivity index (χ3v) is 4.00. The molecule has 5 nitrogen and oxygen atoms in total. The fourth-order valence-corrected chi connectivity index (χ4v) is 2.90. The maximum Gasteiger partial charge on any atom is 0.222 e. The van der Waals surface area contributed by atoms with Crippen LogP contribution in [-0.2, 0) is 9.59 Å². The number of Topliss-reactive ketones (excluding diaryl/α,β-unsaturated/α-hetero) is 1. The van der Waals surface area contributed by atoms with Crippen molar-refractivity contribution in [2.45, 2.75) is 46.0 Å². The van der Waals surface area contributed by atoms with Crippen molar-refractivity contribution in [1.29, 1.82) is 0 Å². The van der Waals surface area contributed by atoms with Gasteiger partial charge in [-0.3, -0.25) is 14.6 Å². The minimum absolute atomic E-state index is 0.0396. The number of carbonyl (C=O) groups is 2. The predicted octanol–water partition coefficient (Wildman–Crippen LogP) is 2.27. The highest BCUT2D eigenvalue weighted by molar-refractivity contribution is 6.14. The molecule has 1 fully saturated rings. The van der Waals surface area contributed by atoms with Gasteiger partial charge >= 0.3 is 0 Å². The predicted molar refractivity (Wildman–Crippen MR) is 81.5 cm³/mol. The van der Waals surface area contributed by atoms with Crippen LogP contribution in [0.5, 0.6) is 0 Å². The number of allylic oxidation sites excluding steroid dienone is 2. The van der Waals surface area contributed by atoms with Gasteiger partial charge in [-0.1, -0.05) is 13.8 Å². The fraction of sp³-hybridized carbons (Fsp3) is 0.688. The quantitative estimate of drug-likeness (QED) is 0.624. The number of aliphatic imine (C=N–C) groups is 1. The number of nitrogens with zero attached hydrogens (tertiary/aromatic N) is 2. The molecule has 5 heteroatoms. The van der Waals surface area contributed by atoms with E-state index in [1.807, 2.05) is 18.7 Å². The van der Waals surface area contributed by atoms with Gasteiger partial charge in [0, 0.05) is 45.1 Å². The lowest BCUT2D eigenvalue weighted by Gasteiger charge is -2.28. The standard InChI is InChI=1S/C16H24N2O3/c1-16(2)9-13(19)12(14(20)10-16)11-17-6-4-8-18-7-3-5-15(18)21/h11,19H,3-10H2,1-2H3. The Morgan fingerprint density at radius 2 is 2.10 bits per heavy atom. The van der Waals surface area contributed by atoms with E-state index in [-0.39, 0.29) is 22.9 Å². The summed E-state index contributed by atoms with van der Waals surface area (Å²) < 4.78 is 0. The third kappa shape index (κ3) is 4.16. The van der Waals surface area contributed by atoms with Gasteiger partial charge in [0.15, 0.2) is 5.78 Å². The van der Waals surface area contributed by atoms with Crippen LogP contribution in [0.1, 0.15) is 46.0 Å². The van der Waals surface area contributed by atoms with Gasteiger partial charge in [0.2, 0.25) is 5.91 Å². The van der Waals surface area contributed by atoms with Gasteiger partial charge in [-0.25, -0.2) is 0 Å². The Hall–Kier alpha value is -1.65. The zero-order chi connectivity index (χ0) is 15.5. The van der Waals surface area contributed by atoms with Crippen LogP contribution < -0.4 is 0 Å². The van der Waals surface area contributed by atoms with E-state index >= 15 is 0 Å². The van der Waals surface area contributed by atoms with Crippen molar-refractivity contribution >= 4 is 17.9 Å². The lowest BCUT2D eigenvalue weighted by molar-refractivity contribution is -0.127. The van der Waals surface area contributed by atoms with E-state index in [0.717, 1.165) is 25.9 Å². The summed E-state index contributed by atoms with van der Waals surface area (Å²) >= 11 is 0. The SMILES string of the molecule is CC1(C)CC(=O)C(C=NCCCN2CCCC2=O)=C(O)C1. The molecule has 21 heavy (non-hydrogen) atoms. The van der Waals surface area contributed by atoms with Crippen molar-refractivity contribution in [2.75, 3.05) is 19.6 Å². The molecule has 0 aromatic heterocycles. The number of aliphatic hydroxyl groups excluding tert-OH is 1. The van der Waals surface area contributed by atoms with Gasteiger partial charge in [0.1, 0.15) is 5.76 Å². The molecule has 1 saturated heterocycles. The Balaban J connectivity index is 1.81. The first-order chi connectivity index (χ1) is 9.89. The molecule has 0 unspecified atom stereocenters. The minimum Gasteiger partial charge on any atom is -0.511 e. The maximum absolute atomic E-state index is 12.0. The van der Waals surface area contributed by atoms with Crippen molar-refractivity contribution in [2.24, 2.45) is 10.4 Å². The molecule has 0 atom stereocenters. The second-order valence-corrected chi connectivity index (χ2v) is 6.67. The maximum atomic E-state index is 12.0. The Morgan fingerprint density at radius 1 is 1.33 bits per heavy atom. The van der Waals surface area contributed by atoms with Gasteiger partial charge in [0.05, 0.1) is 5.57 Å². The average Bonchev–Trinajstić information content (AvgIpc) is 2.76. The summed E-state index contributed by atoms with van der Waals surface area (Å²) in [5.41, 5.74) is 0.181. The summed E-state index contributed by atoms with van der Waals surface area (Å²) in [6.07, 6.45) is 4.86. The van der Waals surface area contributed by atoms with E-state index in [1.165, 1.54) is 6.21 Å². The van der Waals surface area contributed by atoms with Crippen molar-refractivity contribution in [3.8, 4) is 0 Å². The molecule has 1 N–H and O–H groups in total. The first-order valence-electron chi connectivity index (χ1n) is 7.62. The molecule has 1 heterocycles. The van der Waals surface area contributed by atoms with E-state index in [1.54, 1.807) is 0 Å². The van der Waals surface area contributed by atoms with E-state index in [4.69, 9.17) is 0 Å². The molecule has 1 amide bonds. The van der Waals surface area contributed by atoms with Crippen molar-refractivity contribution in [1.82, 2.24) is 4.90 Å². The van der Waals surface area contributed by atoms with Gasteiger partial charge in [-0.05, 0) is 18.3 Å². The van der Waals surface area contributed by atoms with E-state index in [0.29, 0.717) is 31.4 Å². The van der Waals surface area contributed by atoms with E-state index in [9.17, 15) is 14.7 Å². The minimum atomic E-state index is -0.172. The summed E-state index contributed by atoms with van der Waals surface area (Å²) in [6, 6.07) is 0. The molecular formula is C16H24N2O3. The van der Waals surface area contributed by atoms with Crippen LogP contribution in [0, 0.1) is 5.41 Å². The number of hydrogen-bond acceptors (Lipinski definition) is 4. The van der Waals surface area contributed by atoms with Gasteiger partial charge in [0.25, 0.3) is 0 Å². The molecule has 0 aromatic carbocycles. The number of carbonyl (C=O) groups excluding carboxylic acids is 2. The Labute approximate surface area is 125 Å². The van der Waals surface area contributed by atoms with Crippen molar-refractivity contribution < 1.29 is 14.7 Å². The van der Waals surface area contributed by atoms with Crippen LogP contribution in [0.3, 0.4) is 0 Å². The largest absolute Gasteiger partial charge is 0.511 e. The van der Waals surface area contributed by atoms with E-state index < -0.39 is 0 Å². The molecule has 0 radical (unpaired) electrons. The summed E-state index contributed by atoms with van der Waals surface area (Å²) in [7, 11) is 0. The zero-order valence-electron chi connectivity index (χ0n) is 12.9. The van der Waals surface area contributed by atoms with Crippen molar-refractivity contribution in [3.05, 3.63) is 11.3 Å². The third-order valence-electron chi connectivity index (χ3n) is 4.00.